The molecule has 4 heteroatoms. The maximum absolute atomic E-state index is 12.9. The Morgan fingerprint density at radius 1 is 1.04 bits per heavy atom. The highest BCUT2D eigenvalue weighted by molar-refractivity contribution is 5.79. The van der Waals surface area contributed by atoms with Crippen LogP contribution in [-0.2, 0) is 6.54 Å². The largest absolute Gasteiger partial charge is 0.308 e. The zero-order valence-corrected chi connectivity index (χ0v) is 13.8. The van der Waals surface area contributed by atoms with E-state index < -0.39 is 0 Å². The van der Waals surface area contributed by atoms with Gasteiger partial charge in [0.25, 0.3) is 5.56 Å². The lowest BCUT2D eigenvalue weighted by Crippen LogP contribution is -2.28. The molecule has 0 aliphatic carbocycles. The van der Waals surface area contributed by atoms with E-state index in [1.807, 2.05) is 62.6 Å². The van der Waals surface area contributed by atoms with Gasteiger partial charge in [0, 0.05) is 18.7 Å². The Kier molecular flexibility index (Phi) is 4.26. The van der Waals surface area contributed by atoms with Crippen LogP contribution in [0.2, 0.25) is 0 Å². The fraction of sp³-hybridized carbons (Fsp3) is 0.263. The van der Waals surface area contributed by atoms with Gasteiger partial charge in [0.05, 0.1) is 10.9 Å². The smallest absolute Gasteiger partial charge is 0.261 e. The number of aromatic nitrogens is 2. The van der Waals surface area contributed by atoms with Crippen LogP contribution in [0.4, 0.5) is 0 Å². The molecular formula is C19H21N3O. The van der Waals surface area contributed by atoms with Crippen molar-refractivity contribution in [1.29, 1.82) is 0 Å². The minimum absolute atomic E-state index is 0.0213. The van der Waals surface area contributed by atoms with Gasteiger partial charge in [-0.3, -0.25) is 9.36 Å². The summed E-state index contributed by atoms with van der Waals surface area (Å²) in [5.74, 6) is 0.732. The molecule has 0 radical (unpaired) electrons. The van der Waals surface area contributed by atoms with E-state index in [4.69, 9.17) is 4.98 Å². The molecule has 4 nitrogen and oxygen atoms in total. The zero-order valence-electron chi connectivity index (χ0n) is 13.8. The molecule has 0 spiro atoms. The minimum atomic E-state index is 0.0213. The van der Waals surface area contributed by atoms with E-state index in [0.717, 1.165) is 23.4 Å². The highest BCUT2D eigenvalue weighted by Crippen LogP contribution is 2.19. The van der Waals surface area contributed by atoms with Gasteiger partial charge < -0.3 is 4.90 Å². The van der Waals surface area contributed by atoms with Crippen molar-refractivity contribution in [2.45, 2.75) is 13.5 Å². The molecule has 0 N–H and O–H groups in total. The molecular weight excluding hydrogens is 286 g/mol. The van der Waals surface area contributed by atoms with Crippen molar-refractivity contribution in [3.05, 3.63) is 64.4 Å². The highest BCUT2D eigenvalue weighted by Gasteiger charge is 2.12. The summed E-state index contributed by atoms with van der Waals surface area (Å²) in [6.07, 6.45) is 0. The van der Waals surface area contributed by atoms with Crippen molar-refractivity contribution in [2.75, 3.05) is 20.6 Å². The number of benzene rings is 2. The molecule has 0 atom stereocenters. The molecule has 0 saturated heterocycles. The van der Waals surface area contributed by atoms with Crippen LogP contribution in [0.25, 0.3) is 22.3 Å². The molecule has 118 valence electrons. The molecule has 0 aliphatic rings. The van der Waals surface area contributed by atoms with Crippen LogP contribution in [0, 0.1) is 6.92 Å². The van der Waals surface area contributed by atoms with Gasteiger partial charge in [-0.25, -0.2) is 4.98 Å². The lowest BCUT2D eigenvalue weighted by Gasteiger charge is -2.16. The second kappa shape index (κ2) is 6.34. The summed E-state index contributed by atoms with van der Waals surface area (Å²) in [5.41, 5.74) is 2.93. The Morgan fingerprint density at radius 2 is 1.74 bits per heavy atom. The van der Waals surface area contributed by atoms with Crippen molar-refractivity contribution >= 4 is 10.9 Å². The van der Waals surface area contributed by atoms with Crippen molar-refractivity contribution in [3.63, 3.8) is 0 Å². The normalized spacial score (nSPS) is 11.3. The van der Waals surface area contributed by atoms with Gasteiger partial charge in [-0.05, 0) is 33.2 Å². The quantitative estimate of drug-likeness (QED) is 0.744. The fourth-order valence-corrected chi connectivity index (χ4v) is 2.60. The molecule has 1 heterocycles. The van der Waals surface area contributed by atoms with Crippen LogP contribution in [0.3, 0.4) is 0 Å². The van der Waals surface area contributed by atoms with E-state index in [-0.39, 0.29) is 5.56 Å². The molecule has 0 saturated carbocycles. The van der Waals surface area contributed by atoms with Crippen LogP contribution in [-0.4, -0.2) is 35.1 Å². The van der Waals surface area contributed by atoms with Crippen LogP contribution in [0.15, 0.2) is 53.3 Å². The van der Waals surface area contributed by atoms with Gasteiger partial charge in [-0.1, -0.05) is 42.0 Å². The highest BCUT2D eigenvalue weighted by atomic mass is 16.1. The van der Waals surface area contributed by atoms with Crippen molar-refractivity contribution in [1.82, 2.24) is 14.5 Å². The monoisotopic (exact) mass is 307 g/mol. The van der Waals surface area contributed by atoms with Gasteiger partial charge in [0.15, 0.2) is 0 Å². The first kappa shape index (κ1) is 15.4. The molecule has 3 aromatic rings. The molecule has 0 fully saturated rings. The van der Waals surface area contributed by atoms with Gasteiger partial charge in [0.1, 0.15) is 5.82 Å². The second-order valence-corrected chi connectivity index (χ2v) is 6.08. The third kappa shape index (κ3) is 3.17. The molecule has 0 amide bonds. The zero-order chi connectivity index (χ0) is 16.4. The third-order valence-corrected chi connectivity index (χ3v) is 3.94. The summed E-state index contributed by atoms with van der Waals surface area (Å²) in [6.45, 7) is 3.46. The van der Waals surface area contributed by atoms with E-state index in [1.165, 1.54) is 5.56 Å². The Hall–Kier alpha value is -2.46. The van der Waals surface area contributed by atoms with Crippen molar-refractivity contribution in [3.8, 4) is 11.4 Å². The third-order valence-electron chi connectivity index (χ3n) is 3.94. The van der Waals surface area contributed by atoms with Crippen LogP contribution in [0.1, 0.15) is 5.56 Å². The number of rotatable bonds is 4. The molecule has 0 bridgehead atoms. The number of fused-ring (bicyclic) bond motifs is 1. The van der Waals surface area contributed by atoms with E-state index >= 15 is 0 Å². The average Bonchev–Trinajstić information content (AvgIpc) is 2.54. The van der Waals surface area contributed by atoms with E-state index in [1.54, 1.807) is 4.57 Å². The predicted molar refractivity (Wildman–Crippen MR) is 94.7 cm³/mol. The molecule has 23 heavy (non-hydrogen) atoms. The number of nitrogens with zero attached hydrogens (tertiary/aromatic N) is 3. The van der Waals surface area contributed by atoms with Crippen LogP contribution >= 0.6 is 0 Å². The summed E-state index contributed by atoms with van der Waals surface area (Å²) in [6, 6.07) is 15.7. The molecule has 0 aliphatic heterocycles. The molecule has 2 aromatic carbocycles. The molecule has 3 rings (SSSR count). The summed E-state index contributed by atoms with van der Waals surface area (Å²) in [7, 11) is 4.01. The van der Waals surface area contributed by atoms with Gasteiger partial charge in [-0.15, -0.1) is 0 Å². The number of para-hydroxylation sites is 1. The number of likely N-dealkylation sites (N-methyl/N-ethyl adjacent to an activating group) is 1. The first-order chi connectivity index (χ1) is 11.1. The predicted octanol–water partition coefficient (Wildman–Crippen LogP) is 2.93. The van der Waals surface area contributed by atoms with Crippen molar-refractivity contribution < 1.29 is 0 Å². The topological polar surface area (TPSA) is 38.1 Å². The molecule has 0 unspecified atom stereocenters. The standard InChI is InChI=1S/C19H21N3O/c1-14-8-10-15(11-9-14)18-20-17-7-5-4-6-16(17)19(23)22(18)13-12-21(2)3/h4-11H,12-13H2,1-3H3. The Labute approximate surface area is 136 Å². The average molecular weight is 307 g/mol. The minimum Gasteiger partial charge on any atom is -0.308 e. The Morgan fingerprint density at radius 3 is 2.43 bits per heavy atom. The lowest BCUT2D eigenvalue weighted by atomic mass is 10.1. The summed E-state index contributed by atoms with van der Waals surface area (Å²) in [5, 5.41) is 0.669. The maximum Gasteiger partial charge on any atom is 0.261 e. The Bertz CT molecular complexity index is 879. The van der Waals surface area contributed by atoms with Gasteiger partial charge in [0.2, 0.25) is 0 Å². The fourth-order valence-electron chi connectivity index (χ4n) is 2.60. The van der Waals surface area contributed by atoms with Crippen molar-refractivity contribution in [2.24, 2.45) is 0 Å². The number of aryl methyl sites for hydroxylation is 1. The van der Waals surface area contributed by atoms with E-state index in [9.17, 15) is 4.79 Å². The number of hydrogen-bond donors (Lipinski definition) is 0. The van der Waals surface area contributed by atoms with Crippen LogP contribution in [0.5, 0.6) is 0 Å². The first-order valence-corrected chi connectivity index (χ1v) is 7.77. The van der Waals surface area contributed by atoms with Gasteiger partial charge >= 0.3 is 0 Å². The second-order valence-electron chi connectivity index (χ2n) is 6.08. The van der Waals surface area contributed by atoms with E-state index in [0.29, 0.717) is 11.9 Å². The molecule has 1 aromatic heterocycles. The number of hydrogen-bond acceptors (Lipinski definition) is 3. The summed E-state index contributed by atoms with van der Waals surface area (Å²) >= 11 is 0. The summed E-state index contributed by atoms with van der Waals surface area (Å²) in [4.78, 5) is 19.7. The SMILES string of the molecule is Cc1ccc(-c2nc3ccccc3c(=O)n2CCN(C)C)cc1. The lowest BCUT2D eigenvalue weighted by molar-refractivity contribution is 0.381. The maximum atomic E-state index is 12.9. The van der Waals surface area contributed by atoms with Gasteiger partial charge in [-0.2, -0.15) is 0 Å². The van der Waals surface area contributed by atoms with Crippen LogP contribution < -0.4 is 5.56 Å². The summed E-state index contributed by atoms with van der Waals surface area (Å²) < 4.78 is 1.78. The first-order valence-electron chi connectivity index (χ1n) is 7.77. The Balaban J connectivity index is 2.22. The van der Waals surface area contributed by atoms with E-state index in [2.05, 4.69) is 11.8 Å².